The van der Waals surface area contributed by atoms with Crippen LogP contribution in [0.15, 0.2) is 24.5 Å². The second-order valence-electron chi connectivity index (χ2n) is 6.53. The number of rotatable bonds is 2. The van der Waals surface area contributed by atoms with Crippen LogP contribution in [0, 0.1) is 13.8 Å². The van der Waals surface area contributed by atoms with Crippen LogP contribution >= 0.6 is 0 Å². The summed E-state index contributed by atoms with van der Waals surface area (Å²) in [6.45, 7) is 4.42. The van der Waals surface area contributed by atoms with Gasteiger partial charge in [-0.25, -0.2) is 15.0 Å². The maximum absolute atomic E-state index is 12.2. The Balaban J connectivity index is 2.07. The van der Waals surface area contributed by atoms with Crippen molar-refractivity contribution in [2.45, 2.75) is 26.7 Å². The first-order chi connectivity index (χ1) is 12.5. The molecular weight excluding hydrogens is 330 g/mol. The number of hydrogen-bond donors (Lipinski definition) is 2. The van der Waals surface area contributed by atoms with Crippen LogP contribution < -0.4 is 10.6 Å². The number of nitrogens with zero attached hydrogens (tertiary/aromatic N) is 4. The first kappa shape index (κ1) is 16.3. The topological polar surface area (TPSA) is 105 Å². The summed E-state index contributed by atoms with van der Waals surface area (Å²) in [6, 6.07) is 5.27. The molecule has 1 fully saturated rings. The van der Waals surface area contributed by atoms with Gasteiger partial charge in [-0.05, 0) is 38.0 Å². The number of nitrogen functional groups attached to an aromatic ring is 1. The van der Waals surface area contributed by atoms with Gasteiger partial charge in [-0.3, -0.25) is 9.69 Å². The van der Waals surface area contributed by atoms with Crippen LogP contribution in [-0.2, 0) is 4.79 Å². The number of phenolic OH excluding ortho intramolecular Hbond substituents is 1. The van der Waals surface area contributed by atoms with Crippen molar-refractivity contribution in [2.75, 3.05) is 17.2 Å². The number of fused-ring (bicyclic) bond motifs is 1. The molecule has 0 unspecified atom stereocenters. The summed E-state index contributed by atoms with van der Waals surface area (Å²) in [6.07, 6.45) is 2.72. The third-order valence-corrected chi connectivity index (χ3v) is 4.87. The van der Waals surface area contributed by atoms with Crippen LogP contribution in [0.2, 0.25) is 0 Å². The number of nitrogens with two attached hydrogens (primary N) is 1. The Morgan fingerprint density at radius 3 is 2.77 bits per heavy atom. The van der Waals surface area contributed by atoms with E-state index in [9.17, 15) is 9.90 Å². The number of pyridine rings is 1. The van der Waals surface area contributed by atoms with Gasteiger partial charge in [0.15, 0.2) is 0 Å². The highest BCUT2D eigenvalue weighted by Gasteiger charge is 2.25. The van der Waals surface area contributed by atoms with Gasteiger partial charge in [0.2, 0.25) is 5.91 Å². The van der Waals surface area contributed by atoms with Gasteiger partial charge in [0.25, 0.3) is 0 Å². The number of benzene rings is 1. The lowest BCUT2D eigenvalue weighted by Crippen LogP contribution is -2.25. The summed E-state index contributed by atoms with van der Waals surface area (Å²) < 4.78 is 0. The Morgan fingerprint density at radius 2 is 2.04 bits per heavy atom. The first-order valence-corrected chi connectivity index (χ1v) is 8.48. The fourth-order valence-corrected chi connectivity index (χ4v) is 3.47. The van der Waals surface area contributed by atoms with Gasteiger partial charge in [-0.15, -0.1) is 0 Å². The number of carbonyl (C=O) groups excluding carboxylic acids is 1. The molecule has 2 aromatic heterocycles. The standard InChI is InChI=1S/C19H19N5O2/c1-10-5-6-13(25)11(2)16(10)18-17-12(19(20)22-9-21-17)8-14(23-18)24-7-3-4-15(24)26/h5-6,8-9,25H,3-4,7H2,1-2H3,(H2,20,21,22). The van der Waals surface area contributed by atoms with E-state index in [4.69, 9.17) is 10.7 Å². The molecule has 26 heavy (non-hydrogen) atoms. The Labute approximate surface area is 150 Å². The second-order valence-corrected chi connectivity index (χ2v) is 6.53. The molecule has 7 heteroatoms. The first-order valence-electron chi connectivity index (χ1n) is 8.48. The Bertz CT molecular complexity index is 1050. The van der Waals surface area contributed by atoms with E-state index in [0.717, 1.165) is 17.5 Å². The number of amides is 1. The molecule has 4 rings (SSSR count). The van der Waals surface area contributed by atoms with E-state index in [2.05, 4.69) is 9.97 Å². The predicted molar refractivity (Wildman–Crippen MR) is 99.9 cm³/mol. The third-order valence-electron chi connectivity index (χ3n) is 4.87. The molecule has 1 aromatic carbocycles. The van der Waals surface area contributed by atoms with Gasteiger partial charge in [-0.1, -0.05) is 6.07 Å². The minimum Gasteiger partial charge on any atom is -0.508 e. The summed E-state index contributed by atoms with van der Waals surface area (Å²) in [5, 5.41) is 10.8. The minimum absolute atomic E-state index is 0.0440. The van der Waals surface area contributed by atoms with E-state index in [1.54, 1.807) is 17.0 Å². The van der Waals surface area contributed by atoms with Gasteiger partial charge >= 0.3 is 0 Å². The summed E-state index contributed by atoms with van der Waals surface area (Å²) >= 11 is 0. The maximum Gasteiger partial charge on any atom is 0.228 e. The van der Waals surface area contributed by atoms with Gasteiger partial charge in [0, 0.05) is 29.5 Å². The van der Waals surface area contributed by atoms with Crippen molar-refractivity contribution in [3.63, 3.8) is 0 Å². The average molecular weight is 349 g/mol. The molecule has 0 aliphatic carbocycles. The van der Waals surface area contributed by atoms with Crippen LogP contribution in [-0.4, -0.2) is 32.5 Å². The molecule has 0 bridgehead atoms. The Kier molecular flexibility index (Phi) is 3.72. The van der Waals surface area contributed by atoms with E-state index < -0.39 is 0 Å². The molecule has 1 saturated heterocycles. The van der Waals surface area contributed by atoms with Crippen molar-refractivity contribution in [1.82, 2.24) is 15.0 Å². The molecule has 3 aromatic rings. The van der Waals surface area contributed by atoms with Gasteiger partial charge in [0.1, 0.15) is 29.2 Å². The molecule has 1 amide bonds. The molecule has 0 saturated carbocycles. The fraction of sp³-hybridized carbons (Fsp3) is 0.263. The number of aromatic nitrogens is 3. The second kappa shape index (κ2) is 5.94. The molecule has 0 radical (unpaired) electrons. The van der Waals surface area contributed by atoms with Gasteiger partial charge in [0.05, 0.1) is 5.69 Å². The van der Waals surface area contributed by atoms with E-state index in [0.29, 0.717) is 46.8 Å². The van der Waals surface area contributed by atoms with Crippen LogP contribution in [0.4, 0.5) is 11.6 Å². The predicted octanol–water partition coefficient (Wildman–Crippen LogP) is 2.72. The van der Waals surface area contributed by atoms with Crippen molar-refractivity contribution < 1.29 is 9.90 Å². The molecule has 3 heterocycles. The largest absolute Gasteiger partial charge is 0.508 e. The minimum atomic E-state index is 0.0440. The quantitative estimate of drug-likeness (QED) is 0.737. The normalized spacial score (nSPS) is 14.4. The van der Waals surface area contributed by atoms with E-state index >= 15 is 0 Å². The van der Waals surface area contributed by atoms with E-state index in [1.807, 2.05) is 19.9 Å². The molecule has 1 aliphatic rings. The zero-order chi connectivity index (χ0) is 18.4. The van der Waals surface area contributed by atoms with Crippen molar-refractivity contribution >= 4 is 28.4 Å². The number of hydrogen-bond acceptors (Lipinski definition) is 6. The molecule has 0 atom stereocenters. The monoisotopic (exact) mass is 349 g/mol. The highest BCUT2D eigenvalue weighted by Crippen LogP contribution is 2.37. The van der Waals surface area contributed by atoms with Crippen molar-refractivity contribution in [1.29, 1.82) is 0 Å². The summed E-state index contributed by atoms with van der Waals surface area (Å²) in [7, 11) is 0. The lowest BCUT2D eigenvalue weighted by atomic mass is 9.97. The maximum atomic E-state index is 12.2. The number of phenols is 1. The van der Waals surface area contributed by atoms with E-state index in [-0.39, 0.29) is 11.7 Å². The molecule has 7 nitrogen and oxygen atoms in total. The molecule has 132 valence electrons. The van der Waals surface area contributed by atoms with Gasteiger partial charge in [-0.2, -0.15) is 0 Å². The van der Waals surface area contributed by atoms with E-state index in [1.165, 1.54) is 6.33 Å². The smallest absolute Gasteiger partial charge is 0.228 e. The summed E-state index contributed by atoms with van der Waals surface area (Å²) in [5.41, 5.74) is 9.73. The lowest BCUT2D eigenvalue weighted by molar-refractivity contribution is -0.117. The zero-order valence-corrected chi connectivity index (χ0v) is 14.7. The fourth-order valence-electron chi connectivity index (χ4n) is 3.47. The van der Waals surface area contributed by atoms with Crippen LogP contribution in [0.25, 0.3) is 22.2 Å². The average Bonchev–Trinajstić information content (AvgIpc) is 3.05. The molecule has 1 aliphatic heterocycles. The Morgan fingerprint density at radius 1 is 1.23 bits per heavy atom. The number of aryl methyl sites for hydroxylation is 1. The van der Waals surface area contributed by atoms with Gasteiger partial charge < -0.3 is 10.8 Å². The zero-order valence-electron chi connectivity index (χ0n) is 14.7. The third kappa shape index (κ3) is 2.44. The summed E-state index contributed by atoms with van der Waals surface area (Å²) in [5.74, 6) is 1.11. The highest BCUT2D eigenvalue weighted by atomic mass is 16.3. The van der Waals surface area contributed by atoms with Crippen LogP contribution in [0.5, 0.6) is 5.75 Å². The summed E-state index contributed by atoms with van der Waals surface area (Å²) in [4.78, 5) is 27.1. The van der Waals surface area contributed by atoms with Crippen molar-refractivity contribution in [2.24, 2.45) is 0 Å². The van der Waals surface area contributed by atoms with Crippen molar-refractivity contribution in [3.05, 3.63) is 35.7 Å². The lowest BCUT2D eigenvalue weighted by Gasteiger charge is -2.19. The SMILES string of the molecule is Cc1ccc(O)c(C)c1-c1nc(N2CCCC2=O)cc2c(N)ncnc12. The molecular formula is C19H19N5O2. The number of anilines is 2. The molecule has 3 N–H and O–H groups in total. The van der Waals surface area contributed by atoms with Crippen LogP contribution in [0.3, 0.4) is 0 Å². The Hall–Kier alpha value is -3.22. The highest BCUT2D eigenvalue weighted by molar-refractivity contribution is 6.02. The van der Waals surface area contributed by atoms with Crippen LogP contribution in [0.1, 0.15) is 24.0 Å². The number of carbonyl (C=O) groups is 1. The molecule has 0 spiro atoms. The number of aromatic hydroxyl groups is 1. The van der Waals surface area contributed by atoms with Crippen molar-refractivity contribution in [3.8, 4) is 17.0 Å².